The first-order valence-electron chi connectivity index (χ1n) is 4.66. The Morgan fingerprint density at radius 1 is 1.44 bits per heavy atom. The fourth-order valence-electron chi connectivity index (χ4n) is 0.864. The summed E-state index contributed by atoms with van der Waals surface area (Å²) in [4.78, 5) is 31.8. The van der Waals surface area contributed by atoms with E-state index >= 15 is 0 Å². The molecule has 0 aliphatic rings. The molecule has 0 unspecified atom stereocenters. The molecule has 0 aliphatic heterocycles. The van der Waals surface area contributed by atoms with Gasteiger partial charge in [-0.05, 0) is 6.42 Å². The Kier molecular flexibility index (Phi) is 6.41. The lowest BCUT2D eigenvalue weighted by Gasteiger charge is -2.12. The highest BCUT2D eigenvalue weighted by Gasteiger charge is 2.16. The second-order valence-corrected chi connectivity index (χ2v) is 2.87. The van der Waals surface area contributed by atoms with Gasteiger partial charge in [-0.25, -0.2) is 14.4 Å². The van der Waals surface area contributed by atoms with Gasteiger partial charge in [0.25, 0.3) is 0 Å². The predicted molar refractivity (Wildman–Crippen MR) is 53.8 cm³/mol. The zero-order valence-corrected chi connectivity index (χ0v) is 8.86. The molecule has 1 atom stereocenters. The highest BCUT2D eigenvalue weighted by molar-refractivity contribution is 5.82. The van der Waals surface area contributed by atoms with Crippen molar-refractivity contribution >= 4 is 18.1 Å². The third-order valence-corrected chi connectivity index (χ3v) is 1.64. The molecule has 5 N–H and O–H groups in total. The monoisotopic (exact) mass is 233 g/mol. The van der Waals surface area contributed by atoms with Crippen molar-refractivity contribution < 1.29 is 24.2 Å². The second kappa shape index (κ2) is 7.32. The minimum Gasteiger partial charge on any atom is -0.480 e. The number of ether oxygens (including phenoxy) is 1. The Balaban J connectivity index is 3.73. The van der Waals surface area contributed by atoms with E-state index in [2.05, 4.69) is 21.1 Å². The molecule has 92 valence electrons. The van der Waals surface area contributed by atoms with E-state index in [1.165, 1.54) is 0 Å². The van der Waals surface area contributed by atoms with Crippen molar-refractivity contribution in [3.63, 3.8) is 0 Å². The molecule has 0 aromatic rings. The van der Waals surface area contributed by atoms with E-state index in [9.17, 15) is 14.4 Å². The molecule has 0 radical (unpaired) electrons. The number of hydrogen-bond acceptors (Lipinski definition) is 4. The van der Waals surface area contributed by atoms with E-state index in [1.807, 2.05) is 0 Å². The Morgan fingerprint density at radius 3 is 2.50 bits per heavy atom. The number of nitrogens with two attached hydrogens (primary N) is 1. The molecule has 8 nitrogen and oxygen atoms in total. The van der Waals surface area contributed by atoms with Crippen molar-refractivity contribution in [1.82, 2.24) is 10.6 Å². The molecule has 0 heterocycles. The van der Waals surface area contributed by atoms with Gasteiger partial charge in [0.05, 0.1) is 6.54 Å². The molecule has 8 heteroatoms. The number of primary amides is 1. The van der Waals surface area contributed by atoms with E-state index in [1.54, 1.807) is 6.92 Å². The van der Waals surface area contributed by atoms with Crippen molar-refractivity contribution in [2.45, 2.75) is 19.4 Å². The normalized spacial score (nSPS) is 11.3. The number of amides is 3. The largest absolute Gasteiger partial charge is 0.480 e. The summed E-state index contributed by atoms with van der Waals surface area (Å²) < 4.78 is 4.35. The molecule has 16 heavy (non-hydrogen) atoms. The summed E-state index contributed by atoms with van der Waals surface area (Å²) in [5, 5.41) is 13.2. The smallest absolute Gasteiger partial charge is 0.404 e. The van der Waals surface area contributed by atoms with Gasteiger partial charge >= 0.3 is 18.1 Å². The van der Waals surface area contributed by atoms with Crippen molar-refractivity contribution in [2.75, 3.05) is 13.2 Å². The Labute approximate surface area is 92.1 Å². The fourth-order valence-corrected chi connectivity index (χ4v) is 0.864. The first-order valence-corrected chi connectivity index (χ1v) is 4.66. The quantitative estimate of drug-likeness (QED) is 0.448. The number of carboxylic acid groups (broad SMARTS) is 1. The van der Waals surface area contributed by atoms with Gasteiger partial charge in [0, 0.05) is 0 Å². The standard InChI is InChI=1S/C8H15N3O5/c1-2-5(6(12)13)11-8(15)10-3-4-16-7(9)14/h5H,2-4H2,1H3,(H2,9,14)(H,12,13)(H2,10,11,15)/t5-/m0/s1. The number of urea groups is 1. The van der Waals surface area contributed by atoms with Gasteiger partial charge in [-0.15, -0.1) is 0 Å². The van der Waals surface area contributed by atoms with Crippen LogP contribution in [0.5, 0.6) is 0 Å². The molecule has 0 saturated heterocycles. The number of nitrogens with one attached hydrogen (secondary N) is 2. The maximum atomic E-state index is 11.1. The van der Waals surface area contributed by atoms with Crippen LogP contribution in [0.3, 0.4) is 0 Å². The number of rotatable bonds is 6. The van der Waals surface area contributed by atoms with Crippen LogP contribution < -0.4 is 16.4 Å². The van der Waals surface area contributed by atoms with Gasteiger partial charge in [0.15, 0.2) is 0 Å². The summed E-state index contributed by atoms with van der Waals surface area (Å²) in [6.45, 7) is 1.63. The van der Waals surface area contributed by atoms with Gasteiger partial charge in [-0.3, -0.25) is 0 Å². The van der Waals surface area contributed by atoms with Crippen LogP contribution in [0, 0.1) is 0 Å². The SMILES string of the molecule is CC[C@H](NC(=O)NCCOC(N)=O)C(=O)O. The van der Waals surface area contributed by atoms with Crippen LogP contribution in [0.2, 0.25) is 0 Å². The van der Waals surface area contributed by atoms with E-state index < -0.39 is 24.1 Å². The summed E-state index contributed by atoms with van der Waals surface area (Å²) >= 11 is 0. The summed E-state index contributed by atoms with van der Waals surface area (Å²) in [6.07, 6.45) is -0.653. The zero-order valence-electron chi connectivity index (χ0n) is 8.86. The van der Waals surface area contributed by atoms with Crippen molar-refractivity contribution in [2.24, 2.45) is 5.73 Å². The molecule has 0 aromatic heterocycles. The minimum atomic E-state index is -1.11. The summed E-state index contributed by atoms with van der Waals surface area (Å²) in [5.41, 5.74) is 4.68. The lowest BCUT2D eigenvalue weighted by molar-refractivity contribution is -0.139. The van der Waals surface area contributed by atoms with Gasteiger partial charge < -0.3 is 26.2 Å². The lowest BCUT2D eigenvalue weighted by atomic mass is 10.2. The second-order valence-electron chi connectivity index (χ2n) is 2.87. The van der Waals surface area contributed by atoms with Crippen LogP contribution in [-0.4, -0.2) is 42.4 Å². The summed E-state index contributed by atoms with van der Waals surface area (Å²) in [5.74, 6) is -1.11. The number of carbonyl (C=O) groups is 3. The molecule has 0 spiro atoms. The maximum absolute atomic E-state index is 11.1. The first kappa shape index (κ1) is 14.0. The minimum absolute atomic E-state index is 0.0603. The molecule has 3 amide bonds. The average molecular weight is 233 g/mol. The van der Waals surface area contributed by atoms with Crippen LogP contribution in [0.1, 0.15) is 13.3 Å². The number of hydrogen-bond donors (Lipinski definition) is 4. The van der Waals surface area contributed by atoms with Crippen LogP contribution in [0.4, 0.5) is 9.59 Å². The Morgan fingerprint density at radius 2 is 2.06 bits per heavy atom. The Hall–Kier alpha value is -1.99. The number of aliphatic carboxylic acids is 1. The fraction of sp³-hybridized carbons (Fsp3) is 0.625. The van der Waals surface area contributed by atoms with E-state index in [4.69, 9.17) is 5.11 Å². The van der Waals surface area contributed by atoms with Gasteiger partial charge in [0.2, 0.25) is 0 Å². The third-order valence-electron chi connectivity index (χ3n) is 1.64. The van der Waals surface area contributed by atoms with Crippen LogP contribution in [-0.2, 0) is 9.53 Å². The topological polar surface area (TPSA) is 131 Å². The molecule has 0 bridgehead atoms. The molecule has 0 rings (SSSR count). The van der Waals surface area contributed by atoms with Crippen LogP contribution in [0.15, 0.2) is 0 Å². The number of carbonyl (C=O) groups excluding carboxylic acids is 2. The Bertz CT molecular complexity index is 268. The maximum Gasteiger partial charge on any atom is 0.404 e. The van der Waals surface area contributed by atoms with Gasteiger partial charge in [-0.2, -0.15) is 0 Å². The predicted octanol–water partition coefficient (Wildman–Crippen LogP) is -0.756. The molecular formula is C8H15N3O5. The highest BCUT2D eigenvalue weighted by Crippen LogP contribution is 1.89. The molecule has 0 saturated carbocycles. The van der Waals surface area contributed by atoms with Gasteiger partial charge in [-0.1, -0.05) is 6.92 Å². The summed E-state index contributed by atoms with van der Waals surface area (Å²) in [6, 6.07) is -1.57. The van der Waals surface area contributed by atoms with Crippen LogP contribution in [0.25, 0.3) is 0 Å². The van der Waals surface area contributed by atoms with E-state index in [0.29, 0.717) is 0 Å². The summed E-state index contributed by atoms with van der Waals surface area (Å²) in [7, 11) is 0. The van der Waals surface area contributed by atoms with Crippen molar-refractivity contribution in [1.29, 1.82) is 0 Å². The number of carboxylic acids is 1. The molecule has 0 aliphatic carbocycles. The first-order chi connectivity index (χ1) is 7.47. The highest BCUT2D eigenvalue weighted by atomic mass is 16.5. The molecule has 0 aromatic carbocycles. The zero-order chi connectivity index (χ0) is 12.6. The lowest BCUT2D eigenvalue weighted by Crippen LogP contribution is -2.46. The van der Waals surface area contributed by atoms with Crippen LogP contribution >= 0.6 is 0 Å². The average Bonchev–Trinajstić information content (AvgIpc) is 2.20. The van der Waals surface area contributed by atoms with Crippen molar-refractivity contribution in [3.05, 3.63) is 0 Å². The third kappa shape index (κ3) is 6.46. The van der Waals surface area contributed by atoms with Gasteiger partial charge in [0.1, 0.15) is 12.6 Å². The van der Waals surface area contributed by atoms with E-state index in [0.717, 1.165) is 0 Å². The van der Waals surface area contributed by atoms with Crippen molar-refractivity contribution in [3.8, 4) is 0 Å². The van der Waals surface area contributed by atoms with E-state index in [-0.39, 0.29) is 19.6 Å². The molecular weight excluding hydrogens is 218 g/mol. The molecule has 0 fully saturated rings.